The van der Waals surface area contributed by atoms with E-state index in [1.807, 2.05) is 36.4 Å². The van der Waals surface area contributed by atoms with Gasteiger partial charge in [0.05, 0.1) is 37.7 Å². The number of anilines is 1. The summed E-state index contributed by atoms with van der Waals surface area (Å²) in [6.45, 7) is 8.85. The van der Waals surface area contributed by atoms with Gasteiger partial charge in [-0.25, -0.2) is 22.9 Å². The number of fused-ring (bicyclic) bond motifs is 1. The van der Waals surface area contributed by atoms with Crippen molar-refractivity contribution in [2.45, 2.75) is 100 Å². The number of carbonyl (C=O) groups excluding carboxylic acids is 5. The summed E-state index contributed by atoms with van der Waals surface area (Å²) in [7, 11) is -1.72. The number of ether oxygens (including phenoxy) is 4. The van der Waals surface area contributed by atoms with Gasteiger partial charge in [0.2, 0.25) is 11.8 Å². The fourth-order valence-electron chi connectivity index (χ4n) is 7.62. The number of methoxy groups -OCH3 is 2. The van der Waals surface area contributed by atoms with E-state index >= 15 is 0 Å². The van der Waals surface area contributed by atoms with Crippen molar-refractivity contribution in [1.82, 2.24) is 19.9 Å². The monoisotopic (exact) mass is 897 g/mol. The van der Waals surface area contributed by atoms with Crippen molar-refractivity contribution in [3.05, 3.63) is 91.5 Å². The highest BCUT2D eigenvalue weighted by Crippen LogP contribution is 2.45. The lowest BCUT2D eigenvalue weighted by atomic mass is 10.1. The summed E-state index contributed by atoms with van der Waals surface area (Å²) in [6, 6.07) is 21.2. The Kier molecular flexibility index (Phi) is 14.6. The first-order valence-corrected chi connectivity index (χ1v) is 22.6. The lowest BCUT2D eigenvalue weighted by Crippen LogP contribution is -2.56. The molecule has 16 nitrogen and oxygen atoms in total. The topological polar surface area (TPSA) is 209 Å². The molecule has 2 aliphatic rings. The highest BCUT2D eigenvalue weighted by Gasteiger charge is 2.61. The number of aromatic nitrogens is 1. The average Bonchev–Trinajstić information content (AvgIpc) is 3.82. The molecule has 1 saturated heterocycles. The molecule has 2 heterocycles. The number of esters is 1. The van der Waals surface area contributed by atoms with E-state index in [-0.39, 0.29) is 48.8 Å². The van der Waals surface area contributed by atoms with Crippen molar-refractivity contribution < 1.29 is 51.3 Å². The second-order valence-corrected chi connectivity index (χ2v) is 18.5. The van der Waals surface area contributed by atoms with Crippen molar-refractivity contribution in [2.24, 2.45) is 5.92 Å². The predicted octanol–water partition coefficient (Wildman–Crippen LogP) is 6.69. The molecular weight excluding hydrogens is 843 g/mol. The van der Waals surface area contributed by atoms with Gasteiger partial charge in [-0.3, -0.25) is 24.1 Å². The van der Waals surface area contributed by atoms with Crippen molar-refractivity contribution in [2.75, 3.05) is 26.1 Å². The number of benzene rings is 3. The average molecular weight is 898 g/mol. The van der Waals surface area contributed by atoms with Gasteiger partial charge in [-0.05, 0) is 64.3 Å². The molecule has 0 bridgehead atoms. The zero-order valence-corrected chi connectivity index (χ0v) is 37.5. The molecule has 4 aromatic rings. The summed E-state index contributed by atoms with van der Waals surface area (Å²) in [5, 5.41) is 6.08. The molecule has 3 N–H and O–H groups in total. The summed E-state index contributed by atoms with van der Waals surface area (Å²) >= 11 is 0. The predicted molar refractivity (Wildman–Crippen MR) is 239 cm³/mol. The highest BCUT2D eigenvalue weighted by molar-refractivity contribution is 7.90. The van der Waals surface area contributed by atoms with E-state index in [9.17, 15) is 32.4 Å². The summed E-state index contributed by atoms with van der Waals surface area (Å²) in [5.74, 6) is -2.05. The first-order valence-electron chi connectivity index (χ1n) is 21.1. The van der Waals surface area contributed by atoms with Crippen LogP contribution in [0.15, 0.2) is 96.4 Å². The molecule has 17 heteroatoms. The fourth-order valence-corrected chi connectivity index (χ4v) is 8.83. The Morgan fingerprint density at radius 2 is 1.62 bits per heavy atom. The number of hydrogen-bond acceptors (Lipinski definition) is 12. The second-order valence-electron chi connectivity index (χ2n) is 16.9. The molecule has 1 aliphatic carbocycles. The van der Waals surface area contributed by atoms with Crippen LogP contribution in [0.4, 0.5) is 10.5 Å². The molecule has 4 atom stereocenters. The van der Waals surface area contributed by atoms with Gasteiger partial charge in [-0.2, -0.15) is 0 Å². The quantitative estimate of drug-likeness (QED) is 0.0543. The molecule has 0 unspecified atom stereocenters. The minimum atomic E-state index is -4.60. The maximum Gasteiger partial charge on any atom is 0.411 e. The summed E-state index contributed by atoms with van der Waals surface area (Å²) in [5.41, 5.74) is -0.594. The third-order valence-electron chi connectivity index (χ3n) is 11.0. The lowest BCUT2D eigenvalue weighted by molar-refractivity contribution is -0.140. The highest BCUT2D eigenvalue weighted by atomic mass is 32.2. The Hall–Kier alpha value is -6.49. The van der Waals surface area contributed by atoms with Crippen LogP contribution in [-0.4, -0.2) is 92.1 Å². The Balaban J connectivity index is 1.19. The number of rotatable bonds is 18. The van der Waals surface area contributed by atoms with Gasteiger partial charge < -0.3 is 29.6 Å². The van der Waals surface area contributed by atoms with Gasteiger partial charge in [0.15, 0.2) is 0 Å². The van der Waals surface area contributed by atoms with E-state index < -0.39 is 63.0 Å². The van der Waals surface area contributed by atoms with Crippen LogP contribution >= 0.6 is 0 Å². The first kappa shape index (κ1) is 47.0. The van der Waals surface area contributed by atoms with Crippen LogP contribution in [0.2, 0.25) is 0 Å². The lowest BCUT2D eigenvalue weighted by Gasteiger charge is -2.29. The smallest absolute Gasteiger partial charge is 0.411 e. The standard InChI is InChI=1S/C47H55N5O11S/c1-7-31-28-47(31,44(56)51-64(58,59)40-20-16-15-19-35(40)49-41(53)21-13-8-9-14-22-42(54)61-6)50-43(55)38-26-33(29-52(38)45(57)63-46(2,3)4)62-39-27-36(30-17-11-10-12-18-30)48-37-25-32(60-5)23-24-34(37)39/h7,10-12,15-20,23-25,27,31,33,38H,1,8-9,13-14,21-22,26,28-29H2,2-6H3,(H,49,53)(H,50,55)(H,51,56)/t31-,33-,38+,47-/m1/s1. The third kappa shape index (κ3) is 11.4. The molecule has 1 aliphatic heterocycles. The van der Waals surface area contributed by atoms with Gasteiger partial charge >= 0.3 is 12.1 Å². The SMILES string of the molecule is C=C[C@@H]1C[C@]1(NC(=O)[C@@H]1C[C@@H](Oc2cc(-c3ccccc3)nc3cc(OC)ccc23)CN1C(=O)OC(C)(C)C)C(=O)NS(=O)(=O)c1ccccc1NC(=O)CCCCCCC(=O)OC. The van der Waals surface area contributed by atoms with Crippen molar-refractivity contribution >= 4 is 56.4 Å². The van der Waals surface area contributed by atoms with Gasteiger partial charge in [0.1, 0.15) is 39.7 Å². The van der Waals surface area contributed by atoms with Crippen LogP contribution in [0, 0.1) is 5.92 Å². The van der Waals surface area contributed by atoms with Gasteiger partial charge in [0, 0.05) is 48.3 Å². The fraction of sp³-hybridized carbons (Fsp3) is 0.404. The van der Waals surface area contributed by atoms with Crippen LogP contribution in [-0.2, 0) is 38.7 Å². The molecule has 64 heavy (non-hydrogen) atoms. The van der Waals surface area contributed by atoms with Crippen molar-refractivity contribution in [3.8, 4) is 22.8 Å². The van der Waals surface area contributed by atoms with E-state index in [4.69, 9.17) is 19.2 Å². The number of nitrogens with zero attached hydrogens (tertiary/aromatic N) is 2. The van der Waals surface area contributed by atoms with Crippen LogP contribution in [0.25, 0.3) is 22.2 Å². The number of pyridine rings is 1. The summed E-state index contributed by atoms with van der Waals surface area (Å²) in [4.78, 5) is 72.2. The van der Waals surface area contributed by atoms with E-state index in [1.165, 1.54) is 36.3 Å². The Morgan fingerprint density at radius 3 is 2.30 bits per heavy atom. The van der Waals surface area contributed by atoms with E-state index in [0.717, 1.165) is 5.56 Å². The molecule has 340 valence electrons. The minimum absolute atomic E-state index is 0.00103. The zero-order chi connectivity index (χ0) is 46.2. The van der Waals surface area contributed by atoms with Crippen LogP contribution in [0.1, 0.15) is 72.1 Å². The van der Waals surface area contributed by atoms with Gasteiger partial charge in [-0.15, -0.1) is 6.58 Å². The number of nitrogens with one attached hydrogen (secondary N) is 3. The second kappa shape index (κ2) is 19.9. The van der Waals surface area contributed by atoms with Gasteiger partial charge in [-0.1, -0.05) is 61.4 Å². The molecule has 1 saturated carbocycles. The molecule has 6 rings (SSSR count). The molecule has 2 fully saturated rings. The number of para-hydroxylation sites is 1. The van der Waals surface area contributed by atoms with Crippen LogP contribution < -0.4 is 24.8 Å². The van der Waals surface area contributed by atoms with Gasteiger partial charge in [0.25, 0.3) is 15.9 Å². The number of carbonyl (C=O) groups is 5. The Labute approximate surface area is 373 Å². The van der Waals surface area contributed by atoms with Crippen LogP contribution in [0.5, 0.6) is 11.5 Å². The Morgan fingerprint density at radius 1 is 0.922 bits per heavy atom. The zero-order valence-electron chi connectivity index (χ0n) is 36.7. The van der Waals surface area contributed by atoms with E-state index in [0.29, 0.717) is 53.8 Å². The molecule has 0 spiro atoms. The minimum Gasteiger partial charge on any atom is -0.497 e. The largest absolute Gasteiger partial charge is 0.497 e. The number of amides is 4. The summed E-state index contributed by atoms with van der Waals surface area (Å²) in [6.07, 6.45) is 2.91. The Bertz CT molecular complexity index is 2510. The number of likely N-dealkylation sites (tertiary alicyclic amines) is 1. The maximum absolute atomic E-state index is 14.4. The van der Waals surface area contributed by atoms with Crippen molar-refractivity contribution in [3.63, 3.8) is 0 Å². The maximum atomic E-state index is 14.4. The van der Waals surface area contributed by atoms with Crippen molar-refractivity contribution in [1.29, 1.82) is 0 Å². The molecule has 0 radical (unpaired) electrons. The molecular formula is C47H55N5O11S. The normalized spacial score (nSPS) is 19.3. The van der Waals surface area contributed by atoms with Crippen LogP contribution in [0.3, 0.4) is 0 Å². The molecule has 1 aromatic heterocycles. The number of sulfonamides is 1. The molecule has 4 amide bonds. The summed E-state index contributed by atoms with van der Waals surface area (Å²) < 4.78 is 52.2. The van der Waals surface area contributed by atoms with E-state index in [1.54, 1.807) is 52.1 Å². The number of unbranched alkanes of at least 4 members (excludes halogenated alkanes) is 3. The van der Waals surface area contributed by atoms with E-state index in [2.05, 4.69) is 26.7 Å². The number of hydrogen-bond donors (Lipinski definition) is 3. The first-order chi connectivity index (χ1) is 30.5. The third-order valence-corrected chi connectivity index (χ3v) is 12.4. The molecule has 3 aromatic carbocycles.